The number of rotatable bonds is 3. The summed E-state index contributed by atoms with van der Waals surface area (Å²) >= 11 is 3.06. The second-order valence-electron chi connectivity index (χ2n) is 3.71. The Hall–Kier alpha value is -0.940. The molecule has 0 unspecified atom stereocenters. The van der Waals surface area contributed by atoms with Crippen LogP contribution in [0.25, 0.3) is 9.53 Å². The van der Waals surface area contributed by atoms with Gasteiger partial charge in [0, 0.05) is 5.92 Å². The third kappa shape index (κ3) is 2.10. The van der Waals surface area contributed by atoms with Crippen molar-refractivity contribution in [1.82, 2.24) is 4.98 Å². The van der Waals surface area contributed by atoms with Crippen molar-refractivity contribution in [3.8, 4) is 0 Å². The van der Waals surface area contributed by atoms with E-state index >= 15 is 0 Å². The Morgan fingerprint density at radius 3 is 2.81 bits per heavy atom. The van der Waals surface area contributed by atoms with E-state index in [-0.39, 0.29) is 5.97 Å². The lowest BCUT2D eigenvalue weighted by Crippen LogP contribution is -2.01. The first-order valence-corrected chi connectivity index (χ1v) is 6.82. The summed E-state index contributed by atoms with van der Waals surface area (Å²) in [6.45, 7) is 6.46. The molecule has 0 atom stereocenters. The Morgan fingerprint density at radius 2 is 2.25 bits per heavy atom. The van der Waals surface area contributed by atoms with Gasteiger partial charge in [-0.25, -0.2) is 9.78 Å². The lowest BCUT2D eigenvalue weighted by molar-refractivity contribution is 0.0532. The maximum Gasteiger partial charge on any atom is 0.348 e. The minimum absolute atomic E-state index is 0.246. The van der Waals surface area contributed by atoms with Crippen LogP contribution in [-0.4, -0.2) is 17.6 Å². The zero-order valence-electron chi connectivity index (χ0n) is 9.44. The Morgan fingerprint density at radius 1 is 1.50 bits per heavy atom. The van der Waals surface area contributed by atoms with Crippen molar-refractivity contribution in [2.45, 2.75) is 26.7 Å². The maximum atomic E-state index is 11.5. The van der Waals surface area contributed by atoms with Crippen LogP contribution in [-0.2, 0) is 4.74 Å². The summed E-state index contributed by atoms with van der Waals surface area (Å²) in [6.07, 6.45) is 0. The van der Waals surface area contributed by atoms with Gasteiger partial charge in [-0.05, 0) is 13.0 Å². The Kier molecular flexibility index (Phi) is 3.25. The smallest absolute Gasteiger partial charge is 0.348 e. The number of hydrogen-bond acceptors (Lipinski definition) is 5. The summed E-state index contributed by atoms with van der Waals surface area (Å²) in [5.74, 6) is 0.194. The van der Waals surface area contributed by atoms with Crippen LogP contribution in [0, 0.1) is 0 Å². The lowest BCUT2D eigenvalue weighted by Gasteiger charge is -1.97. The number of thiophene rings is 1. The van der Waals surface area contributed by atoms with E-state index in [0.717, 1.165) is 14.5 Å². The molecule has 0 radical (unpaired) electrons. The van der Waals surface area contributed by atoms with Crippen LogP contribution in [0.4, 0.5) is 0 Å². The van der Waals surface area contributed by atoms with E-state index < -0.39 is 0 Å². The van der Waals surface area contributed by atoms with Crippen molar-refractivity contribution in [2.24, 2.45) is 0 Å². The summed E-state index contributed by atoms with van der Waals surface area (Å²) in [5.41, 5.74) is 0. The fourth-order valence-corrected chi connectivity index (χ4v) is 3.42. The number of ether oxygens (including phenoxy) is 1. The largest absolute Gasteiger partial charge is 0.462 e. The van der Waals surface area contributed by atoms with E-state index in [4.69, 9.17) is 4.74 Å². The van der Waals surface area contributed by atoms with Crippen molar-refractivity contribution in [1.29, 1.82) is 0 Å². The molecule has 86 valence electrons. The molecule has 2 heterocycles. The van der Waals surface area contributed by atoms with Crippen molar-refractivity contribution >= 4 is 38.2 Å². The van der Waals surface area contributed by atoms with E-state index in [9.17, 15) is 4.79 Å². The summed E-state index contributed by atoms with van der Waals surface area (Å²) in [6, 6.07) is 1.88. The highest BCUT2D eigenvalue weighted by Gasteiger charge is 2.15. The highest BCUT2D eigenvalue weighted by Crippen LogP contribution is 2.33. The molecule has 0 saturated heterocycles. The molecule has 2 aromatic heterocycles. The molecule has 0 bridgehead atoms. The molecular weight excluding hydrogens is 242 g/mol. The molecule has 0 aliphatic rings. The first-order chi connectivity index (χ1) is 7.61. The van der Waals surface area contributed by atoms with E-state index in [1.807, 2.05) is 13.0 Å². The molecule has 2 rings (SSSR count). The van der Waals surface area contributed by atoms with Crippen molar-refractivity contribution < 1.29 is 9.53 Å². The molecular formula is C11H13NO2S2. The van der Waals surface area contributed by atoms with Crippen molar-refractivity contribution in [3.05, 3.63) is 16.0 Å². The van der Waals surface area contributed by atoms with Crippen LogP contribution in [0.15, 0.2) is 6.07 Å². The SMILES string of the molecule is CCOC(=O)c1cc2sc(C(C)C)nc2s1. The van der Waals surface area contributed by atoms with E-state index in [0.29, 0.717) is 17.4 Å². The topological polar surface area (TPSA) is 39.2 Å². The van der Waals surface area contributed by atoms with Gasteiger partial charge in [0.2, 0.25) is 0 Å². The molecule has 0 spiro atoms. The van der Waals surface area contributed by atoms with E-state index in [1.54, 1.807) is 11.3 Å². The van der Waals surface area contributed by atoms with Crippen molar-refractivity contribution in [2.75, 3.05) is 6.61 Å². The number of fused-ring (bicyclic) bond motifs is 1. The third-order valence-corrected chi connectivity index (χ3v) is 4.52. The van der Waals surface area contributed by atoms with E-state index in [1.165, 1.54) is 11.3 Å². The number of esters is 1. The quantitative estimate of drug-likeness (QED) is 0.786. The molecule has 0 amide bonds. The van der Waals surface area contributed by atoms with Gasteiger partial charge in [0.05, 0.1) is 16.3 Å². The normalized spacial score (nSPS) is 11.2. The number of carbonyl (C=O) groups is 1. The fourth-order valence-electron chi connectivity index (χ4n) is 1.30. The van der Waals surface area contributed by atoms with Gasteiger partial charge in [0.15, 0.2) is 0 Å². The molecule has 0 aliphatic heterocycles. The van der Waals surface area contributed by atoms with Gasteiger partial charge in [-0.15, -0.1) is 22.7 Å². The highest BCUT2D eigenvalue weighted by molar-refractivity contribution is 7.28. The second kappa shape index (κ2) is 4.51. The van der Waals surface area contributed by atoms with E-state index in [2.05, 4.69) is 18.8 Å². The Labute approximate surface area is 102 Å². The second-order valence-corrected chi connectivity index (χ2v) is 5.80. The maximum absolute atomic E-state index is 11.5. The molecule has 0 aliphatic carbocycles. The number of thiazole rings is 1. The van der Waals surface area contributed by atoms with Crippen LogP contribution in [0.3, 0.4) is 0 Å². The van der Waals surface area contributed by atoms with Crippen LogP contribution in [0.2, 0.25) is 0 Å². The lowest BCUT2D eigenvalue weighted by atomic mass is 10.2. The fraction of sp³-hybridized carbons (Fsp3) is 0.455. The average Bonchev–Trinajstić information content (AvgIpc) is 2.73. The van der Waals surface area contributed by atoms with Gasteiger partial charge in [-0.2, -0.15) is 0 Å². The predicted molar refractivity (Wildman–Crippen MR) is 67.5 cm³/mol. The van der Waals surface area contributed by atoms with Gasteiger partial charge in [0.1, 0.15) is 9.71 Å². The molecule has 0 saturated carbocycles. The van der Waals surface area contributed by atoms with Gasteiger partial charge in [-0.3, -0.25) is 0 Å². The van der Waals surface area contributed by atoms with Gasteiger partial charge in [-0.1, -0.05) is 13.8 Å². The highest BCUT2D eigenvalue weighted by atomic mass is 32.1. The summed E-state index contributed by atoms with van der Waals surface area (Å²) in [4.78, 5) is 17.6. The number of aromatic nitrogens is 1. The van der Waals surface area contributed by atoms with Gasteiger partial charge >= 0.3 is 5.97 Å². The van der Waals surface area contributed by atoms with Crippen LogP contribution < -0.4 is 0 Å². The summed E-state index contributed by atoms with van der Waals surface area (Å²) in [5, 5.41) is 1.12. The van der Waals surface area contributed by atoms with Gasteiger partial charge in [0.25, 0.3) is 0 Å². The molecule has 16 heavy (non-hydrogen) atoms. The van der Waals surface area contributed by atoms with Gasteiger partial charge < -0.3 is 4.74 Å². The van der Waals surface area contributed by atoms with Crippen LogP contribution >= 0.6 is 22.7 Å². The minimum Gasteiger partial charge on any atom is -0.462 e. The number of nitrogens with zero attached hydrogens (tertiary/aromatic N) is 1. The first kappa shape index (κ1) is 11.5. The monoisotopic (exact) mass is 255 g/mol. The molecule has 0 fully saturated rings. The summed E-state index contributed by atoms with van der Waals surface area (Å²) in [7, 11) is 0. The summed E-state index contributed by atoms with van der Waals surface area (Å²) < 4.78 is 6.03. The Balaban J connectivity index is 2.32. The molecule has 0 aromatic carbocycles. The number of carbonyl (C=O) groups excluding carboxylic acids is 1. The molecule has 0 N–H and O–H groups in total. The van der Waals surface area contributed by atoms with Crippen LogP contribution in [0.1, 0.15) is 41.4 Å². The predicted octanol–water partition coefficient (Wildman–Crippen LogP) is 3.66. The third-order valence-electron chi connectivity index (χ3n) is 2.08. The zero-order chi connectivity index (χ0) is 11.7. The standard InChI is InChI=1S/C11H13NO2S2/c1-4-14-11(13)8-5-7-10(16-8)12-9(15-7)6(2)3/h5-6H,4H2,1-3H3. The Bertz CT molecular complexity index is 482. The minimum atomic E-state index is -0.246. The first-order valence-electron chi connectivity index (χ1n) is 5.19. The molecule has 5 heteroatoms. The van der Waals surface area contributed by atoms with Crippen molar-refractivity contribution in [3.63, 3.8) is 0 Å². The number of hydrogen-bond donors (Lipinski definition) is 0. The zero-order valence-corrected chi connectivity index (χ0v) is 11.1. The average molecular weight is 255 g/mol. The molecule has 2 aromatic rings. The van der Waals surface area contributed by atoms with Crippen LogP contribution in [0.5, 0.6) is 0 Å². The molecule has 3 nitrogen and oxygen atoms in total.